The van der Waals surface area contributed by atoms with Gasteiger partial charge in [-0.05, 0) is 24.5 Å². The van der Waals surface area contributed by atoms with Gasteiger partial charge in [0.15, 0.2) is 5.78 Å². The smallest absolute Gasteiger partial charge is 0.229 e. The minimum absolute atomic E-state index is 0.0637. The number of nitrogens with one attached hydrogen (secondary N) is 1. The van der Waals surface area contributed by atoms with Crippen LogP contribution in [0.25, 0.3) is 6.08 Å². The van der Waals surface area contributed by atoms with E-state index in [0.29, 0.717) is 12.1 Å². The Hall–Kier alpha value is -2.34. The first-order valence-electron chi connectivity index (χ1n) is 11.1. The summed E-state index contributed by atoms with van der Waals surface area (Å²) < 4.78 is 0. The molecule has 1 aliphatic carbocycles. The van der Waals surface area contributed by atoms with Crippen molar-refractivity contribution in [2.75, 3.05) is 7.05 Å². The number of likely N-dealkylation sites (N-methyl/N-ethyl adjacent to an activating group) is 1. The molecule has 0 saturated heterocycles. The molecule has 1 atom stereocenters. The van der Waals surface area contributed by atoms with Gasteiger partial charge < -0.3 is 10.4 Å². The number of aliphatic hydroxyl groups excluding tert-OH is 1. The van der Waals surface area contributed by atoms with E-state index in [1.165, 1.54) is 44.6 Å². The molecule has 1 heterocycles. The summed E-state index contributed by atoms with van der Waals surface area (Å²) >= 11 is 0. The van der Waals surface area contributed by atoms with Gasteiger partial charge in [-0.1, -0.05) is 71.3 Å². The van der Waals surface area contributed by atoms with Gasteiger partial charge in [-0.3, -0.25) is 9.59 Å². The van der Waals surface area contributed by atoms with Crippen LogP contribution in [0, 0.1) is 5.92 Å². The lowest BCUT2D eigenvalue weighted by molar-refractivity contribution is 0.0974. The number of unbranched alkanes of at least 4 members (excludes halogenated alkanes) is 6. The average Bonchev–Trinajstić information content (AvgIpc) is 2.73. The van der Waals surface area contributed by atoms with Crippen LogP contribution in [0.5, 0.6) is 0 Å². The Labute approximate surface area is 179 Å². The first-order valence-corrected chi connectivity index (χ1v) is 11.1. The van der Waals surface area contributed by atoms with Crippen LogP contribution in [-0.2, 0) is 0 Å². The first kappa shape index (κ1) is 23.9. The van der Waals surface area contributed by atoms with Crippen molar-refractivity contribution in [3.05, 3.63) is 40.9 Å². The van der Waals surface area contributed by atoms with Crippen molar-refractivity contribution >= 4 is 17.6 Å². The van der Waals surface area contributed by atoms with Crippen LogP contribution in [0.2, 0.25) is 0 Å². The zero-order chi connectivity index (χ0) is 21.9. The van der Waals surface area contributed by atoms with E-state index in [4.69, 9.17) is 0 Å². The van der Waals surface area contributed by atoms with Gasteiger partial charge in [0.2, 0.25) is 5.78 Å². The van der Waals surface area contributed by atoms with Crippen molar-refractivity contribution in [1.29, 1.82) is 0 Å². The number of hydrogen-bond donors (Lipinski definition) is 2. The molecule has 0 aromatic carbocycles. The van der Waals surface area contributed by atoms with E-state index < -0.39 is 6.10 Å². The summed E-state index contributed by atoms with van der Waals surface area (Å²) in [6.07, 6.45) is 14.6. The van der Waals surface area contributed by atoms with E-state index in [1.54, 1.807) is 25.3 Å². The highest BCUT2D eigenvalue weighted by Gasteiger charge is 2.27. The quantitative estimate of drug-likeness (QED) is 0.463. The fraction of sp³-hybridized carbons (Fsp3) is 0.583. The molecule has 1 aromatic rings. The van der Waals surface area contributed by atoms with Crippen molar-refractivity contribution in [2.45, 2.75) is 77.7 Å². The second kappa shape index (κ2) is 12.4. The first-order chi connectivity index (χ1) is 14.4. The third kappa shape index (κ3) is 7.48. The van der Waals surface area contributed by atoms with E-state index in [2.05, 4.69) is 29.4 Å². The van der Waals surface area contributed by atoms with Crippen LogP contribution in [0.1, 0.15) is 98.2 Å². The predicted octanol–water partition coefficient (Wildman–Crippen LogP) is 4.50. The van der Waals surface area contributed by atoms with E-state index >= 15 is 0 Å². The zero-order valence-corrected chi connectivity index (χ0v) is 18.5. The number of rotatable bonds is 13. The second-order valence-electron chi connectivity index (χ2n) is 8.41. The maximum Gasteiger partial charge on any atom is 0.229 e. The lowest BCUT2D eigenvalue weighted by Gasteiger charge is -2.13. The van der Waals surface area contributed by atoms with Gasteiger partial charge >= 0.3 is 0 Å². The molecule has 0 unspecified atom stereocenters. The van der Waals surface area contributed by atoms with Crippen molar-refractivity contribution in [3.8, 4) is 0 Å². The molecule has 6 nitrogen and oxygen atoms in total. The molecular weight excluding hydrogens is 378 g/mol. The van der Waals surface area contributed by atoms with Crippen molar-refractivity contribution < 1.29 is 14.7 Å². The molecule has 0 amide bonds. The normalized spacial score (nSPS) is 14.9. The van der Waals surface area contributed by atoms with Gasteiger partial charge in [0.25, 0.3) is 0 Å². The lowest BCUT2D eigenvalue weighted by atomic mass is 9.97. The highest BCUT2D eigenvalue weighted by Crippen LogP contribution is 2.19. The van der Waals surface area contributed by atoms with Gasteiger partial charge in [-0.15, -0.1) is 5.10 Å². The molecule has 2 N–H and O–H groups in total. The van der Waals surface area contributed by atoms with Crippen LogP contribution >= 0.6 is 0 Å². The largest absolute Gasteiger partial charge is 0.389 e. The number of Topliss-reactive ketones (excluding diaryl/α,β-unsaturated/α-hetero) is 1. The van der Waals surface area contributed by atoms with E-state index in [9.17, 15) is 14.7 Å². The minimum Gasteiger partial charge on any atom is -0.389 e. The summed E-state index contributed by atoms with van der Waals surface area (Å²) in [4.78, 5) is 24.4. The third-order valence-corrected chi connectivity index (χ3v) is 5.35. The summed E-state index contributed by atoms with van der Waals surface area (Å²) in [6.45, 7) is 4.55. The highest BCUT2D eigenvalue weighted by atomic mass is 16.3. The van der Waals surface area contributed by atoms with Crippen LogP contribution in [-0.4, -0.2) is 40.0 Å². The van der Waals surface area contributed by atoms with Gasteiger partial charge in [-0.2, -0.15) is 5.10 Å². The molecule has 164 valence electrons. The van der Waals surface area contributed by atoms with Crippen LogP contribution in [0.15, 0.2) is 23.9 Å². The Morgan fingerprint density at radius 3 is 2.27 bits per heavy atom. The molecule has 6 heteroatoms. The molecule has 0 bridgehead atoms. The number of allylic oxidation sites excluding steroid dienone is 2. The molecule has 0 radical (unpaired) electrons. The maximum absolute atomic E-state index is 12.2. The highest BCUT2D eigenvalue weighted by molar-refractivity contribution is 6.23. The fourth-order valence-electron chi connectivity index (χ4n) is 3.53. The number of nitrogens with zero attached hydrogens (tertiary/aromatic N) is 2. The monoisotopic (exact) mass is 413 g/mol. The average molecular weight is 414 g/mol. The lowest BCUT2D eigenvalue weighted by Crippen LogP contribution is -2.26. The van der Waals surface area contributed by atoms with Crippen molar-refractivity contribution in [3.63, 3.8) is 0 Å². The molecule has 2 rings (SSSR count). The van der Waals surface area contributed by atoms with Gasteiger partial charge in [-0.25, -0.2) is 0 Å². The summed E-state index contributed by atoms with van der Waals surface area (Å²) in [5, 5.41) is 20.8. The Bertz CT molecular complexity index is 784. The predicted molar refractivity (Wildman–Crippen MR) is 119 cm³/mol. The number of aromatic nitrogens is 2. The number of ketones is 2. The second-order valence-corrected chi connectivity index (χ2v) is 8.41. The van der Waals surface area contributed by atoms with Gasteiger partial charge in [0.05, 0.1) is 23.1 Å². The number of carbonyl (C=O) groups excluding carboxylic acids is 2. The maximum atomic E-state index is 12.2. The molecule has 30 heavy (non-hydrogen) atoms. The van der Waals surface area contributed by atoms with Gasteiger partial charge in [0, 0.05) is 13.1 Å². The van der Waals surface area contributed by atoms with Crippen molar-refractivity contribution in [1.82, 2.24) is 15.5 Å². The fourth-order valence-corrected chi connectivity index (χ4v) is 3.53. The molecule has 1 aromatic heterocycles. The summed E-state index contributed by atoms with van der Waals surface area (Å²) in [6, 6.07) is 1.55. The molecule has 0 aliphatic heterocycles. The van der Waals surface area contributed by atoms with Crippen LogP contribution in [0.3, 0.4) is 0 Å². The number of hydrogen-bond acceptors (Lipinski definition) is 6. The third-order valence-electron chi connectivity index (χ3n) is 5.35. The zero-order valence-electron chi connectivity index (χ0n) is 18.5. The molecular formula is C24H35N3O3. The number of fused-ring (bicyclic) bond motifs is 1. The number of carbonyl (C=O) groups is 2. The van der Waals surface area contributed by atoms with E-state index in [0.717, 1.165) is 18.8 Å². The summed E-state index contributed by atoms with van der Waals surface area (Å²) in [7, 11) is 1.59. The Morgan fingerprint density at radius 2 is 1.63 bits per heavy atom. The van der Waals surface area contributed by atoms with Crippen LogP contribution in [0.4, 0.5) is 0 Å². The molecule has 0 spiro atoms. The molecule has 0 fully saturated rings. The van der Waals surface area contributed by atoms with Gasteiger partial charge in [0.1, 0.15) is 5.69 Å². The van der Waals surface area contributed by atoms with Crippen LogP contribution < -0.4 is 5.32 Å². The minimum atomic E-state index is -0.554. The summed E-state index contributed by atoms with van der Waals surface area (Å²) in [5.41, 5.74) is 0.984. The van der Waals surface area contributed by atoms with E-state index in [1.807, 2.05) is 0 Å². The number of aliphatic hydroxyl groups is 1. The standard InChI is InChI=1S/C24H35N3O3/c1-17(2)11-9-7-5-4-6-8-10-12-19(28)14-13-18-15-20-22(29)16-21(25-3)24(30)23(20)27-26-18/h13-17,19,25,28H,4-12H2,1-3H3/b14-13+/t19-/m1/s1. The summed E-state index contributed by atoms with van der Waals surface area (Å²) in [5.74, 6) is 0.191. The Kier molecular flexibility index (Phi) is 9.87. The topological polar surface area (TPSA) is 92.2 Å². The molecule has 0 saturated carbocycles. The van der Waals surface area contributed by atoms with Crippen molar-refractivity contribution in [2.24, 2.45) is 5.92 Å². The van der Waals surface area contributed by atoms with E-state index in [-0.39, 0.29) is 28.5 Å². The Balaban J connectivity index is 1.71. The molecule has 1 aliphatic rings. The SMILES string of the molecule is CNC1=CC(=O)c2cc(/C=C/[C@H](O)CCCCCCCCCC(C)C)nnc2C1=O. The Morgan fingerprint density at radius 1 is 1.00 bits per heavy atom.